The lowest BCUT2D eigenvalue weighted by molar-refractivity contribution is -0.124. The Balaban J connectivity index is 0.000000198. The van der Waals surface area contributed by atoms with Gasteiger partial charge in [0.05, 0.1) is 65.7 Å². The number of para-hydroxylation sites is 2. The molecule has 17 rings (SSSR count). The number of aromatic amines is 2. The molecule has 11 aromatic carbocycles. The third-order valence-electron chi connectivity index (χ3n) is 20.4. The monoisotopic (exact) mass is 1870 g/mol. The molecule has 16 aromatic rings. The number of methoxy groups -OCH3 is 1. The highest BCUT2D eigenvalue weighted by Gasteiger charge is 2.33. The van der Waals surface area contributed by atoms with E-state index in [1.165, 1.54) is 58.8 Å². The molecule has 41 heteroatoms. The summed E-state index contributed by atoms with van der Waals surface area (Å²) >= 11 is 4.05. The molecular weight excluding hydrogens is 1790 g/mol. The van der Waals surface area contributed by atoms with Crippen LogP contribution in [0, 0.1) is 39.3 Å². The number of Topliss-reactive ketones (excluding diaryl/α,β-unsaturated/α-hetero) is 1. The molecule has 6 heterocycles. The van der Waals surface area contributed by atoms with E-state index in [1.807, 2.05) is 30.9 Å². The zero-order chi connectivity index (χ0) is 93.4. The zero-order valence-electron chi connectivity index (χ0n) is 71.2. The second kappa shape index (κ2) is 39.3. The first-order valence-electron chi connectivity index (χ1n) is 40.6. The van der Waals surface area contributed by atoms with Gasteiger partial charge >= 0.3 is 11.3 Å². The van der Waals surface area contributed by atoms with Crippen LogP contribution in [0.25, 0.3) is 45.2 Å². The molecule has 0 radical (unpaired) electrons. The van der Waals surface area contributed by atoms with Crippen molar-refractivity contribution < 1.29 is 76.6 Å². The molecule has 1 fully saturated rings. The number of sulfonamides is 2. The Morgan fingerprint density at radius 2 is 1.17 bits per heavy atom. The van der Waals surface area contributed by atoms with Crippen molar-refractivity contribution in [3.63, 3.8) is 0 Å². The van der Waals surface area contributed by atoms with E-state index in [9.17, 15) is 40.2 Å². The second-order valence-electron chi connectivity index (χ2n) is 30.3. The van der Waals surface area contributed by atoms with Crippen LogP contribution in [0.5, 0.6) is 23.0 Å². The maximum Gasteiger partial charge on any atom is 0.316 e. The Kier molecular flexibility index (Phi) is 26.8. The Hall–Kier alpha value is -15.8. The van der Waals surface area contributed by atoms with Gasteiger partial charge in [0.15, 0.2) is 40.2 Å². The van der Waals surface area contributed by atoms with Gasteiger partial charge in [-0.05, 0) is 214 Å². The number of halogens is 3. The fraction of sp³-hybridized carbons (Fsp3) is 0.141. The number of fused-ring (bicyclic) bond motifs is 3. The molecule has 3 amide bonds. The summed E-state index contributed by atoms with van der Waals surface area (Å²) in [5, 5.41) is 46.2. The molecule has 676 valence electrons. The number of benzene rings is 11. The zero-order valence-corrected chi connectivity index (χ0v) is 74.4. The summed E-state index contributed by atoms with van der Waals surface area (Å²) in [5.41, 5.74) is 10.5. The van der Waals surface area contributed by atoms with Crippen LogP contribution in [0.3, 0.4) is 0 Å². The minimum absolute atomic E-state index is 0.00617. The van der Waals surface area contributed by atoms with E-state index in [0.29, 0.717) is 145 Å². The largest absolute Gasteiger partial charge is 0.495 e. The summed E-state index contributed by atoms with van der Waals surface area (Å²) in [4.78, 5) is 69.9. The predicted octanol–water partition coefficient (Wildman–Crippen LogP) is 17.4. The number of anilines is 6. The summed E-state index contributed by atoms with van der Waals surface area (Å²) in [5.74, 6) is -2.28. The number of nitrogens with two attached hydrogens (primary N) is 1. The highest BCUT2D eigenvalue weighted by Crippen LogP contribution is 2.38. The van der Waals surface area contributed by atoms with Gasteiger partial charge in [-0.2, -0.15) is 13.5 Å². The van der Waals surface area contributed by atoms with Crippen LogP contribution in [0.15, 0.2) is 272 Å². The molecule has 1 aliphatic heterocycles. The fourth-order valence-corrected chi connectivity index (χ4v) is 16.1. The van der Waals surface area contributed by atoms with Crippen molar-refractivity contribution in [1.82, 2.24) is 44.6 Å². The number of carbonyl (C=O) groups excluding carboxylic acids is 4. The van der Waals surface area contributed by atoms with Crippen LogP contribution in [0.1, 0.15) is 66.4 Å². The van der Waals surface area contributed by atoms with Gasteiger partial charge in [-0.25, -0.2) is 45.7 Å². The Bertz CT molecular complexity index is 7430. The second-order valence-corrected chi connectivity index (χ2v) is 34.8. The standard InChI is InChI=1S/C52H46FN11O8S.C40H33ClFN9O7S2/c1-30-8-21-43(69-3)41(26-30)56-51(66)47(52-57-40-6-4-5-7-44(40)72-52)71-37-17-13-35(14-18-37)50(65)55-36-15-11-34(12-16-36)48-58-49-46(31(2)61-64(49)62-48)60-59-39-19-9-32(28-38(39)53)27-33-10-20-42(45(29-33)73(54,67)68)63-22-24-70-25-23-63;1-23-12-18-31(41)34(20-23)43-40(53)37(36(52)25-8-5-4-6-9-25)57-29-11-7-10-28(21-29)49-59(54)58-30-17-19-33(32(42)22-30)45-46-35-24(2)47-51-39(35)44-38(48-51)26-13-15-27(16-14-26)50-60(3,55)56/h4-21,26,28-29,47,61H,22-25,27H2,1-3H3,(H,55,65)(H,56,66)(H2,54,67,68);4-22,37,47,49-50H,1-3H3,(H,43,53). The quantitative estimate of drug-likeness (QED) is 0.0118. The summed E-state index contributed by atoms with van der Waals surface area (Å²) in [6, 6.07) is 64.7. The van der Waals surface area contributed by atoms with Crippen molar-refractivity contribution in [2.45, 2.75) is 51.2 Å². The van der Waals surface area contributed by atoms with Crippen LogP contribution in [0.4, 0.5) is 65.7 Å². The van der Waals surface area contributed by atoms with Crippen LogP contribution in [0.2, 0.25) is 5.02 Å². The van der Waals surface area contributed by atoms with Gasteiger partial charge in [-0.3, -0.25) is 38.8 Å². The highest BCUT2D eigenvalue weighted by atomic mass is 35.5. The van der Waals surface area contributed by atoms with Crippen LogP contribution in [-0.2, 0) is 52.1 Å². The van der Waals surface area contributed by atoms with Crippen LogP contribution in [-0.4, -0.2) is 135 Å². The van der Waals surface area contributed by atoms with Gasteiger partial charge in [0, 0.05) is 58.9 Å². The molecule has 5 aromatic heterocycles. The number of rotatable bonds is 30. The predicted molar refractivity (Wildman–Crippen MR) is 495 cm³/mol. The lowest BCUT2D eigenvalue weighted by Crippen LogP contribution is -2.40. The highest BCUT2D eigenvalue weighted by molar-refractivity contribution is 7.92. The smallest absolute Gasteiger partial charge is 0.316 e. The normalized spacial score (nSPS) is 13.0. The molecule has 0 spiro atoms. The van der Waals surface area contributed by atoms with Crippen molar-refractivity contribution in [3.8, 4) is 45.8 Å². The molecule has 1 aliphatic rings. The number of primary sulfonamides is 1. The van der Waals surface area contributed by atoms with Gasteiger partial charge in [0.1, 0.15) is 44.8 Å². The van der Waals surface area contributed by atoms with Crippen molar-refractivity contribution in [1.29, 1.82) is 0 Å². The number of aromatic nitrogens is 9. The molecular formula is C92H79ClF2N20O15S3. The van der Waals surface area contributed by atoms with E-state index in [2.05, 4.69) is 81.2 Å². The van der Waals surface area contributed by atoms with Crippen molar-refractivity contribution in [2.24, 2.45) is 25.6 Å². The Labute approximate surface area is 764 Å². The lowest BCUT2D eigenvalue weighted by atomic mass is 10.0. The maximum absolute atomic E-state index is 15.5. The third kappa shape index (κ3) is 21.9. The molecule has 133 heavy (non-hydrogen) atoms. The minimum atomic E-state index is -4.04. The first-order chi connectivity index (χ1) is 63.9. The van der Waals surface area contributed by atoms with Crippen LogP contribution < -0.4 is 53.8 Å². The number of nitrogens with one attached hydrogen (secondary N) is 7. The number of morpholine rings is 1. The number of amides is 3. The number of hydrogen-bond acceptors (Lipinski definition) is 25. The van der Waals surface area contributed by atoms with E-state index >= 15 is 8.78 Å². The number of ketones is 1. The average molecular weight is 1870 g/mol. The number of nitrogens with zero attached hydrogens (tertiary/aromatic N) is 12. The summed E-state index contributed by atoms with van der Waals surface area (Å²) in [6.45, 7) is 9.24. The lowest BCUT2D eigenvalue weighted by Gasteiger charge is -2.30. The molecule has 1 saturated heterocycles. The van der Waals surface area contributed by atoms with Gasteiger partial charge in [-0.1, -0.05) is 84.4 Å². The molecule has 0 bridgehead atoms. The number of hydrogen-bond donors (Lipinski definition) is 8. The number of aryl methyl sites for hydroxylation is 4. The number of ether oxygens (including phenoxy) is 4. The fourth-order valence-electron chi connectivity index (χ4n) is 13.9. The number of H-pyrrole nitrogens is 2. The van der Waals surface area contributed by atoms with Gasteiger partial charge in [-0.15, -0.1) is 30.7 Å². The minimum Gasteiger partial charge on any atom is -0.495 e. The third-order valence-corrected chi connectivity index (χ3v) is 23.0. The Morgan fingerprint density at radius 3 is 1.80 bits per heavy atom. The molecule has 35 nitrogen and oxygen atoms in total. The number of oxazole rings is 1. The van der Waals surface area contributed by atoms with Gasteiger partial charge in [0.25, 0.3) is 23.8 Å². The van der Waals surface area contributed by atoms with Crippen molar-refractivity contribution in [3.05, 3.63) is 310 Å². The van der Waals surface area contributed by atoms with Gasteiger partial charge < -0.3 is 48.4 Å². The first kappa shape index (κ1) is 90.6. The van der Waals surface area contributed by atoms with Crippen LogP contribution >= 0.6 is 11.6 Å². The Morgan fingerprint density at radius 1 is 0.579 bits per heavy atom. The first-order valence-corrected chi connectivity index (χ1v) is 45.5. The number of carbonyl (C=O) groups is 4. The molecule has 0 saturated carbocycles. The molecule has 0 aliphatic carbocycles. The SMILES string of the molecule is COc1ccc(C)cc1NC(=O)C(Oc1ccc(C(=O)Nc2ccc(-c3nc4c(N=Nc5ccc(Cc6ccc(N7CCOCC7)c(S(N)(=O)=O)c6)cc5F)c(C)[nH]n4n3)cc2)cc1)c1nc2ccccc2o1.Cc1ccc(Cl)c(NC(=O)C(Oc2cccc(NS(=O)Oc3ccc(N=Nc4c(C)[nH]n5nc(-c6ccc(NS(C)(=O)=O)cc6)nc45)c(F)c3)c2)C(=O)c2ccccc2)c1. The average Bonchev–Trinajstić information content (AvgIpc) is 1.62. The van der Waals surface area contributed by atoms with Crippen molar-refractivity contribution >= 4 is 146 Å². The topological polar surface area (TPSA) is 457 Å². The number of azo groups is 2. The van der Waals surface area contributed by atoms with E-state index in [0.717, 1.165) is 23.4 Å². The van der Waals surface area contributed by atoms with Gasteiger partial charge in [0.2, 0.25) is 49.1 Å². The van der Waals surface area contributed by atoms with E-state index in [1.54, 1.807) is 196 Å². The van der Waals surface area contributed by atoms with Crippen molar-refractivity contribution in [2.75, 3.05) is 70.0 Å². The van der Waals surface area contributed by atoms with E-state index in [-0.39, 0.29) is 62.1 Å². The molecule has 3 unspecified atom stereocenters. The van der Waals surface area contributed by atoms with E-state index in [4.69, 9.17) is 44.3 Å². The summed E-state index contributed by atoms with van der Waals surface area (Å²) in [6.07, 6.45) is -1.62. The summed E-state index contributed by atoms with van der Waals surface area (Å²) in [7, 11) is -5.96. The molecule has 9 N–H and O–H groups in total. The molecule has 3 atom stereocenters. The van der Waals surface area contributed by atoms with E-state index < -0.39 is 78.7 Å². The maximum atomic E-state index is 15.5. The summed E-state index contributed by atoms with van der Waals surface area (Å²) < 4.78 is 134.